The van der Waals surface area contributed by atoms with Crippen LogP contribution in [0.1, 0.15) is 81.3 Å². The Balaban J connectivity index is 0.911. The number of carbonyl (C=O) groups is 4. The number of methoxy groups -OCH3 is 2. The first-order valence-electron chi connectivity index (χ1n) is 22.7. The Labute approximate surface area is 376 Å². The van der Waals surface area contributed by atoms with Crippen molar-refractivity contribution >= 4 is 67.4 Å². The fourth-order valence-corrected chi connectivity index (χ4v) is 10.00. The molecule has 14 nitrogen and oxygen atoms in total. The largest absolute Gasteiger partial charge is 0.453 e. The van der Waals surface area contributed by atoms with E-state index in [9.17, 15) is 19.2 Å². The molecule has 3 fully saturated rings. The topological polar surface area (TPSA) is 175 Å². The van der Waals surface area contributed by atoms with Gasteiger partial charge in [0.25, 0.3) is 0 Å². The van der Waals surface area contributed by atoms with E-state index in [1.165, 1.54) is 7.11 Å². The zero-order valence-electron chi connectivity index (χ0n) is 37.1. The average Bonchev–Trinajstić information content (AvgIpc) is 3.65. The number of nitrogens with zero attached hydrogens (tertiary/aromatic N) is 4. The van der Waals surface area contributed by atoms with Gasteiger partial charge >= 0.3 is 6.09 Å². The molecule has 1 unspecified atom stereocenters. The van der Waals surface area contributed by atoms with Crippen LogP contribution in [0.3, 0.4) is 0 Å². The number of carbonyl (C=O) groups excluding carboxylic acids is 4. The van der Waals surface area contributed by atoms with Crippen molar-refractivity contribution in [1.29, 1.82) is 0 Å². The summed E-state index contributed by atoms with van der Waals surface area (Å²) in [6, 6.07) is 28.6. The lowest BCUT2D eigenvalue weighted by molar-refractivity contribution is -0.138. The molecule has 1 aliphatic carbocycles. The molecule has 334 valence electrons. The van der Waals surface area contributed by atoms with Crippen LogP contribution in [0.15, 0.2) is 91.0 Å². The number of hydrogen-bond donors (Lipinski definition) is 4. The quantitative estimate of drug-likeness (QED) is 0.0950. The first-order chi connectivity index (χ1) is 31.6. The van der Waals surface area contributed by atoms with Crippen LogP contribution < -0.4 is 10.6 Å². The molecule has 4 amide bonds. The van der Waals surface area contributed by atoms with Crippen LogP contribution >= 0.6 is 0 Å². The summed E-state index contributed by atoms with van der Waals surface area (Å²) < 4.78 is 10.4. The van der Waals surface area contributed by atoms with E-state index in [1.807, 2.05) is 60.0 Å². The molecule has 10 rings (SSSR count). The molecule has 1 saturated carbocycles. The second-order valence-electron chi connectivity index (χ2n) is 18.3. The Morgan fingerprint density at radius 3 is 1.95 bits per heavy atom. The van der Waals surface area contributed by atoms with Gasteiger partial charge < -0.3 is 39.9 Å². The van der Waals surface area contributed by atoms with Gasteiger partial charge in [0.15, 0.2) is 0 Å². The number of amides is 4. The maximum Gasteiger partial charge on any atom is 0.407 e. The molecule has 5 aromatic carbocycles. The molecular weight excluding hydrogens is 821 g/mol. The van der Waals surface area contributed by atoms with Gasteiger partial charge in [-0.05, 0) is 89.8 Å². The van der Waals surface area contributed by atoms with Gasteiger partial charge in [-0.25, -0.2) is 14.8 Å². The predicted molar refractivity (Wildman–Crippen MR) is 249 cm³/mol. The van der Waals surface area contributed by atoms with Crippen LogP contribution in [0.2, 0.25) is 0 Å². The van der Waals surface area contributed by atoms with Gasteiger partial charge in [-0.15, -0.1) is 0 Å². The van der Waals surface area contributed by atoms with Gasteiger partial charge in [-0.3, -0.25) is 14.4 Å². The molecule has 2 aromatic heterocycles. The van der Waals surface area contributed by atoms with Crippen molar-refractivity contribution in [2.75, 3.05) is 33.9 Å². The van der Waals surface area contributed by atoms with E-state index in [2.05, 4.69) is 75.2 Å². The predicted octanol–water partition coefficient (Wildman–Crippen LogP) is 8.26. The summed E-state index contributed by atoms with van der Waals surface area (Å²) in [6.07, 6.45) is 3.39. The summed E-state index contributed by atoms with van der Waals surface area (Å²) in [4.78, 5) is 74.6. The van der Waals surface area contributed by atoms with E-state index in [-0.39, 0.29) is 47.6 Å². The summed E-state index contributed by atoms with van der Waals surface area (Å²) >= 11 is 0. The standard InChI is InChI=1S/C51H54N8O6/c1-28(2)42(57-51(63)65-4)49(61)59-26-29(27-64-3)23-41(59)47-53-39-21-17-35-25-33(15-19-37(35)45(39)55-47)32-14-18-36-34(24-32)16-20-38-44(36)54-46(52-38)40-11-8-22-58(40)50(62)43(30-9-6-5-7-10-30)56-48(60)31-12-13-31/h5-7,9-10,14-21,24-25,28-29,31,40-43H,8,11-13,22-23,26-27H2,1-4H3,(H,52,54)(H,53,55)(H,56,60)(H,57,63)/t29-,40-,41-,42?,43+/m0/s1. The molecular formula is C51H54N8O6. The van der Waals surface area contributed by atoms with E-state index < -0.39 is 18.2 Å². The lowest BCUT2D eigenvalue weighted by atomic mass is 9.98. The third-order valence-corrected chi connectivity index (χ3v) is 13.6. The molecule has 2 saturated heterocycles. The van der Waals surface area contributed by atoms with Crippen molar-refractivity contribution in [1.82, 2.24) is 40.4 Å². The van der Waals surface area contributed by atoms with E-state index >= 15 is 0 Å². The molecule has 0 spiro atoms. The third-order valence-electron chi connectivity index (χ3n) is 13.6. The highest BCUT2D eigenvalue weighted by Crippen LogP contribution is 2.40. The number of hydrogen-bond acceptors (Lipinski definition) is 8. The fourth-order valence-electron chi connectivity index (χ4n) is 10.00. The van der Waals surface area contributed by atoms with Gasteiger partial charge in [0.2, 0.25) is 17.7 Å². The number of aromatic amines is 2. The SMILES string of the molecule is COC[C@H]1C[C@@H](c2nc3c(ccc4cc(-c5ccc6c(ccc7[nH]c([C@@H]8CCCN8C(=O)[C@H](NC(=O)C8CC8)c8ccccc8)nc76)c5)ccc43)[nH]2)N(C(=O)C(NC(=O)OC)C(C)C)C1. The first-order valence-corrected chi connectivity index (χ1v) is 22.7. The maximum atomic E-state index is 14.3. The average molecular weight is 875 g/mol. The van der Waals surface area contributed by atoms with Crippen LogP contribution in [0.25, 0.3) is 54.7 Å². The minimum absolute atomic E-state index is 0.00984. The molecule has 4 heterocycles. The van der Waals surface area contributed by atoms with Crippen molar-refractivity contribution in [3.8, 4) is 11.1 Å². The first kappa shape index (κ1) is 42.2. The Kier molecular flexibility index (Phi) is 11.2. The van der Waals surface area contributed by atoms with Crippen molar-refractivity contribution in [3.05, 3.63) is 108 Å². The minimum Gasteiger partial charge on any atom is -0.453 e. The summed E-state index contributed by atoms with van der Waals surface area (Å²) in [7, 11) is 2.96. The molecule has 3 aliphatic rings. The molecule has 0 bridgehead atoms. The van der Waals surface area contributed by atoms with Crippen molar-refractivity contribution < 1.29 is 28.7 Å². The van der Waals surface area contributed by atoms with Gasteiger partial charge in [-0.2, -0.15) is 0 Å². The number of H-pyrrole nitrogens is 2. The minimum atomic E-state index is -0.750. The summed E-state index contributed by atoms with van der Waals surface area (Å²) in [5.74, 6) is 1.06. The smallest absolute Gasteiger partial charge is 0.407 e. The van der Waals surface area contributed by atoms with Gasteiger partial charge in [0.1, 0.15) is 23.7 Å². The van der Waals surface area contributed by atoms with E-state index in [0.717, 1.165) is 91.8 Å². The second-order valence-corrected chi connectivity index (χ2v) is 18.3. The Morgan fingerprint density at radius 2 is 1.37 bits per heavy atom. The van der Waals surface area contributed by atoms with Crippen molar-refractivity contribution in [2.24, 2.45) is 17.8 Å². The van der Waals surface area contributed by atoms with Crippen LogP contribution in [-0.2, 0) is 23.9 Å². The molecule has 14 heteroatoms. The fraction of sp³-hybridized carbons (Fsp3) is 0.373. The van der Waals surface area contributed by atoms with Crippen LogP contribution in [0.4, 0.5) is 4.79 Å². The normalized spacial score (nSPS) is 19.7. The number of fused-ring (bicyclic) bond motifs is 6. The zero-order chi connectivity index (χ0) is 44.9. The summed E-state index contributed by atoms with van der Waals surface area (Å²) in [6.45, 7) is 5.40. The van der Waals surface area contributed by atoms with Crippen LogP contribution in [-0.4, -0.2) is 93.5 Å². The molecule has 0 radical (unpaired) electrons. The highest BCUT2D eigenvalue weighted by atomic mass is 16.5. The van der Waals surface area contributed by atoms with Crippen molar-refractivity contribution in [2.45, 2.75) is 70.1 Å². The Bertz CT molecular complexity index is 2960. The van der Waals surface area contributed by atoms with Gasteiger partial charge in [0.05, 0.1) is 47.9 Å². The summed E-state index contributed by atoms with van der Waals surface area (Å²) in [5, 5.41) is 9.91. The third kappa shape index (κ3) is 8.04. The molecule has 2 aliphatic heterocycles. The molecule has 65 heavy (non-hydrogen) atoms. The summed E-state index contributed by atoms with van der Waals surface area (Å²) in [5.41, 5.74) is 6.38. The van der Waals surface area contributed by atoms with E-state index in [1.54, 1.807) is 7.11 Å². The van der Waals surface area contributed by atoms with Crippen LogP contribution in [0.5, 0.6) is 0 Å². The van der Waals surface area contributed by atoms with Gasteiger partial charge in [-0.1, -0.05) is 80.6 Å². The zero-order valence-corrected chi connectivity index (χ0v) is 37.1. The second kappa shape index (κ2) is 17.3. The Hall–Kier alpha value is -6.80. The van der Waals surface area contributed by atoms with Crippen molar-refractivity contribution in [3.63, 3.8) is 0 Å². The number of nitrogens with one attached hydrogen (secondary N) is 4. The monoisotopic (exact) mass is 874 g/mol. The highest BCUT2D eigenvalue weighted by molar-refractivity contribution is 6.07. The Morgan fingerprint density at radius 1 is 0.738 bits per heavy atom. The number of imidazole rings is 2. The number of likely N-dealkylation sites (tertiary alicyclic amines) is 2. The van der Waals surface area contributed by atoms with E-state index in [0.29, 0.717) is 31.9 Å². The molecule has 4 N–H and O–H groups in total. The maximum absolute atomic E-state index is 14.3. The number of ether oxygens (including phenoxy) is 2. The number of alkyl carbamates (subject to hydrolysis) is 1. The molecule has 7 aromatic rings. The van der Waals surface area contributed by atoms with Gasteiger partial charge in [0, 0.05) is 42.8 Å². The highest BCUT2D eigenvalue weighted by Gasteiger charge is 2.42. The molecule has 5 atom stereocenters. The van der Waals surface area contributed by atoms with E-state index in [4.69, 9.17) is 19.4 Å². The number of benzene rings is 5. The lowest BCUT2D eigenvalue weighted by Gasteiger charge is -2.30. The number of rotatable bonds is 12. The number of aromatic nitrogens is 4. The van der Waals surface area contributed by atoms with Crippen LogP contribution in [0, 0.1) is 17.8 Å². The lowest BCUT2D eigenvalue weighted by Crippen LogP contribution is -2.51.